The van der Waals surface area contributed by atoms with E-state index < -0.39 is 16.6 Å². The topological polar surface area (TPSA) is 18.5 Å². The zero-order chi connectivity index (χ0) is 15.6. The second kappa shape index (κ2) is 10.1. The summed E-state index contributed by atoms with van der Waals surface area (Å²) >= 11 is 0. The number of unbranched alkanes of at least 4 members (excludes halogenated alkanes) is 2. The lowest BCUT2D eigenvalue weighted by molar-refractivity contribution is 0.280. The van der Waals surface area contributed by atoms with E-state index in [9.17, 15) is 0 Å². The Bertz CT molecular complexity index is 223. The van der Waals surface area contributed by atoms with E-state index >= 15 is 0 Å². The summed E-state index contributed by atoms with van der Waals surface area (Å²) in [5.41, 5.74) is 0. The molecule has 0 radical (unpaired) electrons. The molecular weight excluding hydrogens is 280 g/mol. The van der Waals surface area contributed by atoms with Crippen molar-refractivity contribution in [2.75, 3.05) is 13.2 Å². The minimum absolute atomic E-state index is 0.708. The number of hydrogen-bond donors (Lipinski definition) is 0. The fourth-order valence-corrected chi connectivity index (χ4v) is 13.9. The van der Waals surface area contributed by atoms with Crippen LogP contribution in [0.3, 0.4) is 0 Å². The molecular formula is C16H38O2Si2. The second-order valence-corrected chi connectivity index (χ2v) is 15.9. The van der Waals surface area contributed by atoms with Gasteiger partial charge in [-0.15, -0.1) is 0 Å². The first kappa shape index (κ1) is 20.4. The fraction of sp³-hybridized carbons (Fsp3) is 1.00. The monoisotopic (exact) mass is 318 g/mol. The minimum atomic E-state index is -1.65. The maximum absolute atomic E-state index is 6.33. The smallest absolute Gasteiger partial charge is 0.189 e. The summed E-state index contributed by atoms with van der Waals surface area (Å²) in [7, 11) is -3.30. The summed E-state index contributed by atoms with van der Waals surface area (Å²) in [6.07, 6.45) is 7.51. The molecule has 0 aliphatic carbocycles. The Morgan fingerprint density at radius 3 is 1.50 bits per heavy atom. The molecule has 20 heavy (non-hydrogen) atoms. The lowest BCUT2D eigenvalue weighted by Crippen LogP contribution is -2.51. The third kappa shape index (κ3) is 7.39. The van der Waals surface area contributed by atoms with E-state index in [0.717, 1.165) is 26.1 Å². The van der Waals surface area contributed by atoms with Crippen LogP contribution in [0.5, 0.6) is 0 Å². The summed E-state index contributed by atoms with van der Waals surface area (Å²) in [6, 6.07) is 0. The molecule has 0 aliphatic heterocycles. The van der Waals surface area contributed by atoms with Gasteiger partial charge in [-0.1, -0.05) is 46.5 Å². The summed E-state index contributed by atoms with van der Waals surface area (Å²) < 4.78 is 12.7. The van der Waals surface area contributed by atoms with Crippen molar-refractivity contribution in [2.45, 2.75) is 90.6 Å². The van der Waals surface area contributed by atoms with Gasteiger partial charge in [-0.05, 0) is 44.2 Å². The summed E-state index contributed by atoms with van der Waals surface area (Å²) in [6.45, 7) is 18.1. The highest BCUT2D eigenvalue weighted by Crippen LogP contribution is 2.38. The van der Waals surface area contributed by atoms with Gasteiger partial charge in [0, 0.05) is 13.2 Å². The van der Waals surface area contributed by atoms with Crippen LogP contribution in [0.1, 0.15) is 59.3 Å². The molecule has 0 N–H and O–H groups in total. The van der Waals surface area contributed by atoms with Crippen LogP contribution in [0.25, 0.3) is 0 Å². The Labute approximate surface area is 129 Å². The zero-order valence-corrected chi connectivity index (χ0v) is 17.1. The molecule has 0 saturated carbocycles. The lowest BCUT2D eigenvalue weighted by Gasteiger charge is -2.41. The van der Waals surface area contributed by atoms with Crippen LogP contribution in [0.2, 0.25) is 31.4 Å². The molecule has 0 spiro atoms. The Kier molecular flexibility index (Phi) is 10.3. The first-order valence-electron chi connectivity index (χ1n) is 8.59. The third-order valence-electron chi connectivity index (χ3n) is 4.13. The first-order valence-corrected chi connectivity index (χ1v) is 14.6. The Morgan fingerprint density at radius 2 is 1.15 bits per heavy atom. The van der Waals surface area contributed by atoms with E-state index in [4.69, 9.17) is 8.85 Å². The van der Waals surface area contributed by atoms with Crippen LogP contribution in [0.4, 0.5) is 0 Å². The SMILES string of the molecule is CCCCCC([Si](C)(C)OCCC)[Si](C)(C)OCCC. The van der Waals surface area contributed by atoms with Crippen molar-refractivity contribution in [3.05, 3.63) is 0 Å². The third-order valence-corrected chi connectivity index (χ3v) is 14.1. The Hall–Kier alpha value is 0.354. The van der Waals surface area contributed by atoms with Crippen molar-refractivity contribution in [3.63, 3.8) is 0 Å². The minimum Gasteiger partial charge on any atom is -0.417 e. The van der Waals surface area contributed by atoms with E-state index in [1.807, 2.05) is 0 Å². The number of rotatable bonds is 12. The average molecular weight is 319 g/mol. The highest BCUT2D eigenvalue weighted by atomic mass is 28.4. The molecule has 0 saturated heterocycles. The molecule has 2 nitrogen and oxygen atoms in total. The summed E-state index contributed by atoms with van der Waals surface area (Å²) in [5, 5.41) is 0.708. The number of hydrogen-bond acceptors (Lipinski definition) is 2. The molecule has 122 valence electrons. The molecule has 0 bridgehead atoms. The van der Waals surface area contributed by atoms with Gasteiger partial charge in [-0.3, -0.25) is 0 Å². The largest absolute Gasteiger partial charge is 0.417 e. The molecule has 0 aromatic heterocycles. The van der Waals surface area contributed by atoms with Gasteiger partial charge in [-0.2, -0.15) is 0 Å². The average Bonchev–Trinajstić information content (AvgIpc) is 2.38. The van der Waals surface area contributed by atoms with Gasteiger partial charge < -0.3 is 8.85 Å². The van der Waals surface area contributed by atoms with E-state index in [-0.39, 0.29) is 0 Å². The molecule has 0 amide bonds. The highest BCUT2D eigenvalue weighted by molar-refractivity contribution is 6.91. The maximum atomic E-state index is 6.33. The van der Waals surface area contributed by atoms with Crippen molar-refractivity contribution >= 4 is 16.6 Å². The molecule has 0 aromatic carbocycles. The van der Waals surface area contributed by atoms with Crippen LogP contribution in [0, 0.1) is 0 Å². The van der Waals surface area contributed by atoms with E-state index in [0.29, 0.717) is 5.16 Å². The molecule has 0 aromatic rings. The van der Waals surface area contributed by atoms with Gasteiger partial charge in [0.25, 0.3) is 0 Å². The first-order chi connectivity index (χ1) is 9.31. The van der Waals surface area contributed by atoms with Gasteiger partial charge in [0.2, 0.25) is 0 Å². The summed E-state index contributed by atoms with van der Waals surface area (Å²) in [5.74, 6) is 0. The highest BCUT2D eigenvalue weighted by Gasteiger charge is 2.45. The predicted molar refractivity (Wildman–Crippen MR) is 95.3 cm³/mol. The second-order valence-electron chi connectivity index (χ2n) is 6.95. The van der Waals surface area contributed by atoms with Crippen LogP contribution >= 0.6 is 0 Å². The maximum Gasteiger partial charge on any atom is 0.189 e. The van der Waals surface area contributed by atoms with E-state index in [2.05, 4.69) is 47.0 Å². The Balaban J connectivity index is 4.84. The van der Waals surface area contributed by atoms with Crippen molar-refractivity contribution < 1.29 is 8.85 Å². The van der Waals surface area contributed by atoms with Crippen LogP contribution < -0.4 is 0 Å². The molecule has 0 rings (SSSR count). The Morgan fingerprint density at radius 1 is 0.700 bits per heavy atom. The molecule has 0 aliphatic rings. The van der Waals surface area contributed by atoms with Gasteiger partial charge >= 0.3 is 0 Å². The molecule has 0 heterocycles. The normalized spacial score (nSPS) is 13.2. The molecule has 4 heteroatoms. The van der Waals surface area contributed by atoms with Crippen molar-refractivity contribution in [2.24, 2.45) is 0 Å². The quantitative estimate of drug-likeness (QED) is 0.337. The van der Waals surface area contributed by atoms with Crippen molar-refractivity contribution in [3.8, 4) is 0 Å². The molecule has 0 atom stereocenters. The van der Waals surface area contributed by atoms with Crippen molar-refractivity contribution in [1.29, 1.82) is 0 Å². The molecule has 0 fully saturated rings. The van der Waals surface area contributed by atoms with Crippen LogP contribution in [-0.2, 0) is 8.85 Å². The van der Waals surface area contributed by atoms with Gasteiger partial charge in [0.1, 0.15) is 0 Å². The van der Waals surface area contributed by atoms with Gasteiger partial charge in [0.15, 0.2) is 16.6 Å². The fourth-order valence-electron chi connectivity index (χ4n) is 3.06. The lowest BCUT2D eigenvalue weighted by atomic mass is 10.2. The van der Waals surface area contributed by atoms with E-state index in [1.54, 1.807) is 0 Å². The van der Waals surface area contributed by atoms with Gasteiger partial charge in [0.05, 0.1) is 0 Å². The van der Waals surface area contributed by atoms with Crippen LogP contribution in [0.15, 0.2) is 0 Å². The predicted octanol–water partition coefficient (Wildman–Crippen LogP) is 5.74. The summed E-state index contributed by atoms with van der Waals surface area (Å²) in [4.78, 5) is 0. The zero-order valence-electron chi connectivity index (χ0n) is 15.1. The van der Waals surface area contributed by atoms with Crippen LogP contribution in [-0.4, -0.2) is 29.8 Å². The van der Waals surface area contributed by atoms with Gasteiger partial charge in [-0.25, -0.2) is 0 Å². The molecule has 0 unspecified atom stereocenters. The van der Waals surface area contributed by atoms with E-state index in [1.165, 1.54) is 25.7 Å². The standard InChI is InChI=1S/C16H38O2Si2/c1-8-11-12-13-16(19(4,5)17-14-9-2)20(6,7)18-15-10-3/h16H,8-15H2,1-7H3. The van der Waals surface area contributed by atoms with Crippen molar-refractivity contribution in [1.82, 2.24) is 0 Å².